The van der Waals surface area contributed by atoms with Gasteiger partial charge in [0.15, 0.2) is 0 Å². The van der Waals surface area contributed by atoms with Crippen molar-refractivity contribution in [2.24, 2.45) is 5.92 Å². The molecule has 0 nitrogen and oxygen atoms in total. The van der Waals surface area contributed by atoms with Gasteiger partial charge in [-0.1, -0.05) is 79.6 Å². The summed E-state index contributed by atoms with van der Waals surface area (Å²) in [6.07, 6.45) is 9.60. The molecule has 3 rings (SSSR count). The Morgan fingerprint density at radius 2 is 1.46 bits per heavy atom. The largest absolute Gasteiger partial charge is 0.0933 e. The van der Waals surface area contributed by atoms with E-state index in [-0.39, 0.29) is 0 Å². The molecule has 0 atom stereocenters. The van der Waals surface area contributed by atoms with Crippen molar-refractivity contribution in [2.45, 2.75) is 51.4 Å². The maximum Gasteiger partial charge on any atom is 0.000525 e. The number of hydrogen-bond acceptors (Lipinski definition) is 0. The van der Waals surface area contributed by atoms with Gasteiger partial charge in [-0.3, -0.25) is 0 Å². The fourth-order valence-corrected chi connectivity index (χ4v) is 4.05. The van der Waals surface area contributed by atoms with Crippen LogP contribution in [0.2, 0.25) is 0 Å². The minimum absolute atomic E-state index is 0.680. The first-order valence-corrected chi connectivity index (χ1v) is 9.70. The standard InChI is InChI=1S/C23H27Cl/c1-2-3-18-4-8-20(9-5-18)22-12-14-23(15-13-22)21-10-6-19(7-11-21)16-17-24/h4-5,8-9,12-17,19,21H,2-3,6-7,10-11H2,1H3. The van der Waals surface area contributed by atoms with Gasteiger partial charge in [0.1, 0.15) is 0 Å². The molecule has 1 heteroatoms. The Bertz CT molecular complexity index is 643. The van der Waals surface area contributed by atoms with Crippen molar-refractivity contribution in [3.05, 3.63) is 71.3 Å². The molecule has 0 bridgehead atoms. The first-order chi connectivity index (χ1) is 11.8. The van der Waals surface area contributed by atoms with Gasteiger partial charge in [-0.05, 0) is 66.2 Å². The van der Waals surface area contributed by atoms with Gasteiger partial charge < -0.3 is 0 Å². The fraction of sp³-hybridized carbons (Fsp3) is 0.391. The first-order valence-electron chi connectivity index (χ1n) is 9.26. The number of rotatable bonds is 5. The Labute approximate surface area is 151 Å². The van der Waals surface area contributed by atoms with Crippen molar-refractivity contribution in [3.63, 3.8) is 0 Å². The second kappa shape index (κ2) is 8.53. The predicted octanol–water partition coefficient (Wildman–Crippen LogP) is 7.33. The molecule has 1 aliphatic rings. The fourth-order valence-electron chi connectivity index (χ4n) is 3.85. The molecule has 0 aliphatic heterocycles. The van der Waals surface area contributed by atoms with E-state index in [2.05, 4.69) is 61.5 Å². The van der Waals surface area contributed by atoms with Gasteiger partial charge in [0.2, 0.25) is 0 Å². The van der Waals surface area contributed by atoms with E-state index in [1.165, 1.54) is 60.8 Å². The molecule has 0 radical (unpaired) electrons. The Balaban J connectivity index is 1.65. The Kier molecular flexibility index (Phi) is 6.15. The van der Waals surface area contributed by atoms with Crippen LogP contribution in [0.5, 0.6) is 0 Å². The van der Waals surface area contributed by atoms with Crippen molar-refractivity contribution >= 4 is 11.6 Å². The lowest BCUT2D eigenvalue weighted by Crippen LogP contribution is -2.11. The van der Waals surface area contributed by atoms with Gasteiger partial charge in [-0.25, -0.2) is 0 Å². The van der Waals surface area contributed by atoms with Crippen LogP contribution in [0.4, 0.5) is 0 Å². The molecule has 0 unspecified atom stereocenters. The lowest BCUT2D eigenvalue weighted by molar-refractivity contribution is 0.376. The average Bonchev–Trinajstić information content (AvgIpc) is 2.64. The Morgan fingerprint density at radius 1 is 0.875 bits per heavy atom. The van der Waals surface area contributed by atoms with E-state index in [9.17, 15) is 0 Å². The molecule has 2 aromatic carbocycles. The highest BCUT2D eigenvalue weighted by molar-refractivity contribution is 6.25. The minimum Gasteiger partial charge on any atom is -0.0933 e. The van der Waals surface area contributed by atoms with Crippen LogP contribution in [0.25, 0.3) is 11.1 Å². The molecule has 0 saturated heterocycles. The highest BCUT2D eigenvalue weighted by Crippen LogP contribution is 2.37. The monoisotopic (exact) mass is 338 g/mol. The first kappa shape index (κ1) is 17.3. The average molecular weight is 339 g/mol. The summed E-state index contributed by atoms with van der Waals surface area (Å²) in [5, 5.41) is 0. The molecular formula is C23H27Cl. The Morgan fingerprint density at radius 3 is 2.00 bits per heavy atom. The molecule has 126 valence electrons. The van der Waals surface area contributed by atoms with Crippen LogP contribution in [-0.4, -0.2) is 0 Å². The van der Waals surface area contributed by atoms with Crippen LogP contribution >= 0.6 is 11.6 Å². The third kappa shape index (κ3) is 4.30. The van der Waals surface area contributed by atoms with Crippen molar-refractivity contribution in [2.75, 3.05) is 0 Å². The van der Waals surface area contributed by atoms with Crippen LogP contribution in [-0.2, 0) is 6.42 Å². The Hall–Kier alpha value is -1.53. The molecular weight excluding hydrogens is 312 g/mol. The van der Waals surface area contributed by atoms with Gasteiger partial charge in [0.05, 0.1) is 0 Å². The van der Waals surface area contributed by atoms with Gasteiger partial charge in [-0.15, -0.1) is 0 Å². The van der Waals surface area contributed by atoms with E-state index in [4.69, 9.17) is 11.6 Å². The van der Waals surface area contributed by atoms with E-state index in [0.717, 1.165) is 0 Å². The molecule has 1 fully saturated rings. The lowest BCUT2D eigenvalue weighted by Gasteiger charge is -2.27. The highest BCUT2D eigenvalue weighted by Gasteiger charge is 2.20. The summed E-state index contributed by atoms with van der Waals surface area (Å²) in [7, 11) is 0. The third-order valence-corrected chi connectivity index (χ3v) is 5.47. The van der Waals surface area contributed by atoms with Crippen LogP contribution in [0.15, 0.2) is 60.1 Å². The highest BCUT2D eigenvalue weighted by atomic mass is 35.5. The molecule has 0 heterocycles. The predicted molar refractivity (Wildman–Crippen MR) is 106 cm³/mol. The zero-order valence-electron chi connectivity index (χ0n) is 14.5. The summed E-state index contributed by atoms with van der Waals surface area (Å²) < 4.78 is 0. The van der Waals surface area contributed by atoms with Crippen LogP contribution in [0, 0.1) is 5.92 Å². The zero-order chi connectivity index (χ0) is 16.8. The van der Waals surface area contributed by atoms with Crippen molar-refractivity contribution in [1.82, 2.24) is 0 Å². The second-order valence-electron chi connectivity index (χ2n) is 7.00. The van der Waals surface area contributed by atoms with Gasteiger partial charge in [0, 0.05) is 5.54 Å². The SMILES string of the molecule is CCCc1ccc(-c2ccc(C3CCC(C=CCl)CC3)cc2)cc1. The molecule has 24 heavy (non-hydrogen) atoms. The molecule has 1 aliphatic carbocycles. The van der Waals surface area contributed by atoms with Crippen LogP contribution < -0.4 is 0 Å². The van der Waals surface area contributed by atoms with Gasteiger partial charge in [-0.2, -0.15) is 0 Å². The van der Waals surface area contributed by atoms with Crippen molar-refractivity contribution in [1.29, 1.82) is 0 Å². The number of aryl methyl sites for hydroxylation is 1. The lowest BCUT2D eigenvalue weighted by atomic mass is 9.78. The van der Waals surface area contributed by atoms with Gasteiger partial charge >= 0.3 is 0 Å². The molecule has 0 amide bonds. The maximum absolute atomic E-state index is 5.71. The topological polar surface area (TPSA) is 0 Å². The summed E-state index contributed by atoms with van der Waals surface area (Å²) >= 11 is 5.71. The molecule has 0 N–H and O–H groups in total. The third-order valence-electron chi connectivity index (χ3n) is 5.32. The number of benzene rings is 2. The van der Waals surface area contributed by atoms with Crippen molar-refractivity contribution < 1.29 is 0 Å². The van der Waals surface area contributed by atoms with E-state index in [0.29, 0.717) is 11.8 Å². The number of halogens is 1. The second-order valence-corrected chi connectivity index (χ2v) is 7.25. The molecule has 0 spiro atoms. The minimum atomic E-state index is 0.680. The van der Waals surface area contributed by atoms with Crippen molar-refractivity contribution in [3.8, 4) is 11.1 Å². The van der Waals surface area contributed by atoms with E-state index in [1.54, 1.807) is 5.54 Å². The number of hydrogen-bond donors (Lipinski definition) is 0. The molecule has 2 aromatic rings. The van der Waals surface area contributed by atoms with Gasteiger partial charge in [0.25, 0.3) is 0 Å². The van der Waals surface area contributed by atoms with Crippen LogP contribution in [0.3, 0.4) is 0 Å². The molecule has 0 aromatic heterocycles. The maximum atomic E-state index is 5.71. The number of allylic oxidation sites excluding steroid dienone is 1. The van der Waals surface area contributed by atoms with E-state index >= 15 is 0 Å². The molecule has 1 saturated carbocycles. The smallest absolute Gasteiger partial charge is 0.000525 e. The summed E-state index contributed by atoms with van der Waals surface area (Å²) in [6, 6.07) is 18.3. The normalized spacial score (nSPS) is 21.2. The quantitative estimate of drug-likeness (QED) is 0.535. The summed E-state index contributed by atoms with van der Waals surface area (Å²) in [6.45, 7) is 2.23. The summed E-state index contributed by atoms with van der Waals surface area (Å²) in [4.78, 5) is 0. The van der Waals surface area contributed by atoms with E-state index < -0.39 is 0 Å². The van der Waals surface area contributed by atoms with E-state index in [1.807, 2.05) is 0 Å². The van der Waals surface area contributed by atoms with Crippen LogP contribution in [0.1, 0.15) is 56.1 Å². The zero-order valence-corrected chi connectivity index (χ0v) is 15.3. The summed E-state index contributed by atoms with van der Waals surface area (Å²) in [5.74, 6) is 1.39. The summed E-state index contributed by atoms with van der Waals surface area (Å²) in [5.41, 5.74) is 7.25.